The molecule has 1 aliphatic heterocycles. The molecule has 1 heterocycles. The van der Waals surface area contributed by atoms with Crippen molar-refractivity contribution in [3.63, 3.8) is 0 Å². The van der Waals surface area contributed by atoms with Crippen LogP contribution in [-0.4, -0.2) is 44.2 Å². The Hall–Kier alpha value is -2.53. The first-order valence-corrected chi connectivity index (χ1v) is 10.6. The van der Waals surface area contributed by atoms with Crippen molar-refractivity contribution >= 4 is 5.91 Å². The molecule has 0 spiro atoms. The average molecular weight is 397 g/mol. The fourth-order valence-electron chi connectivity index (χ4n) is 3.75. The number of hydrogen-bond donors (Lipinski definition) is 1. The van der Waals surface area contributed by atoms with E-state index in [-0.39, 0.29) is 18.6 Å². The minimum Gasteiger partial charge on any atom is -0.497 e. The Morgan fingerprint density at radius 1 is 1.00 bits per heavy atom. The molecule has 3 rings (SSSR count). The second-order valence-electron chi connectivity index (χ2n) is 7.48. The van der Waals surface area contributed by atoms with E-state index in [0.717, 1.165) is 25.3 Å². The number of amides is 1. The first kappa shape index (κ1) is 21.2. The van der Waals surface area contributed by atoms with E-state index >= 15 is 0 Å². The summed E-state index contributed by atoms with van der Waals surface area (Å²) in [5.74, 6) is 1.32. The summed E-state index contributed by atoms with van der Waals surface area (Å²) in [6.07, 6.45) is 4.77. The SMILES string of the molecule is CCc1ccc([C@H](CNC(=O)COc2ccc(OC)cc2)N2CCCCC2)cc1. The van der Waals surface area contributed by atoms with Gasteiger partial charge in [-0.3, -0.25) is 9.69 Å². The van der Waals surface area contributed by atoms with Crippen LogP contribution >= 0.6 is 0 Å². The van der Waals surface area contributed by atoms with Gasteiger partial charge in [0, 0.05) is 6.54 Å². The number of nitrogens with zero attached hydrogens (tertiary/aromatic N) is 1. The summed E-state index contributed by atoms with van der Waals surface area (Å²) in [4.78, 5) is 14.9. The Balaban J connectivity index is 1.56. The molecular weight excluding hydrogens is 364 g/mol. The number of nitrogens with one attached hydrogen (secondary N) is 1. The molecule has 1 atom stereocenters. The number of ether oxygens (including phenoxy) is 2. The van der Waals surface area contributed by atoms with E-state index in [2.05, 4.69) is 41.4 Å². The van der Waals surface area contributed by atoms with E-state index in [9.17, 15) is 4.79 Å². The quantitative estimate of drug-likeness (QED) is 0.697. The molecule has 1 aliphatic rings. The van der Waals surface area contributed by atoms with Gasteiger partial charge >= 0.3 is 0 Å². The third-order valence-electron chi connectivity index (χ3n) is 5.53. The van der Waals surface area contributed by atoms with Gasteiger partial charge in [0.1, 0.15) is 11.5 Å². The molecule has 5 nitrogen and oxygen atoms in total. The van der Waals surface area contributed by atoms with Gasteiger partial charge in [-0.2, -0.15) is 0 Å². The number of methoxy groups -OCH3 is 1. The first-order valence-electron chi connectivity index (χ1n) is 10.6. The maximum Gasteiger partial charge on any atom is 0.258 e. The molecule has 2 aromatic carbocycles. The summed E-state index contributed by atoms with van der Waals surface area (Å²) in [6.45, 7) is 4.93. The average Bonchev–Trinajstić information content (AvgIpc) is 2.79. The number of carbonyl (C=O) groups excluding carboxylic acids is 1. The maximum absolute atomic E-state index is 12.4. The molecule has 5 heteroatoms. The Morgan fingerprint density at radius 3 is 2.28 bits per heavy atom. The molecule has 0 bridgehead atoms. The van der Waals surface area contributed by atoms with Crippen LogP contribution in [0.25, 0.3) is 0 Å². The zero-order valence-electron chi connectivity index (χ0n) is 17.5. The zero-order valence-corrected chi connectivity index (χ0v) is 17.5. The van der Waals surface area contributed by atoms with Crippen LogP contribution in [0.4, 0.5) is 0 Å². The van der Waals surface area contributed by atoms with Crippen LogP contribution in [0, 0.1) is 0 Å². The van der Waals surface area contributed by atoms with Gasteiger partial charge in [-0.1, -0.05) is 37.6 Å². The van der Waals surface area contributed by atoms with E-state index in [1.165, 1.54) is 30.4 Å². The lowest BCUT2D eigenvalue weighted by molar-refractivity contribution is -0.123. The van der Waals surface area contributed by atoms with Gasteiger partial charge < -0.3 is 14.8 Å². The van der Waals surface area contributed by atoms with Crippen LogP contribution in [0.2, 0.25) is 0 Å². The van der Waals surface area contributed by atoms with Crippen molar-refractivity contribution in [2.75, 3.05) is 33.4 Å². The van der Waals surface area contributed by atoms with Crippen molar-refractivity contribution in [2.24, 2.45) is 0 Å². The predicted octanol–water partition coefficient (Wildman–Crippen LogP) is 3.98. The van der Waals surface area contributed by atoms with Crippen LogP contribution in [0.5, 0.6) is 11.5 Å². The third kappa shape index (κ3) is 6.23. The predicted molar refractivity (Wildman–Crippen MR) is 115 cm³/mol. The van der Waals surface area contributed by atoms with Gasteiger partial charge in [-0.05, 0) is 67.7 Å². The number of piperidine rings is 1. The summed E-state index contributed by atoms with van der Waals surface area (Å²) < 4.78 is 10.7. The van der Waals surface area contributed by atoms with E-state index in [1.54, 1.807) is 19.2 Å². The fourth-order valence-corrected chi connectivity index (χ4v) is 3.75. The van der Waals surface area contributed by atoms with Crippen molar-refractivity contribution in [3.05, 3.63) is 59.7 Å². The van der Waals surface area contributed by atoms with Crippen LogP contribution < -0.4 is 14.8 Å². The van der Waals surface area contributed by atoms with Gasteiger partial charge in [0.15, 0.2) is 6.61 Å². The second-order valence-corrected chi connectivity index (χ2v) is 7.48. The molecule has 1 fully saturated rings. The van der Waals surface area contributed by atoms with Crippen molar-refractivity contribution in [2.45, 2.75) is 38.6 Å². The lowest BCUT2D eigenvalue weighted by Crippen LogP contribution is -2.41. The highest BCUT2D eigenvalue weighted by Crippen LogP contribution is 2.25. The lowest BCUT2D eigenvalue weighted by atomic mass is 10.00. The molecular formula is C24H32N2O3. The lowest BCUT2D eigenvalue weighted by Gasteiger charge is -2.35. The minimum atomic E-state index is -0.104. The number of hydrogen-bond acceptors (Lipinski definition) is 4. The molecule has 0 saturated carbocycles. The monoisotopic (exact) mass is 396 g/mol. The van der Waals surface area contributed by atoms with Gasteiger partial charge in [-0.25, -0.2) is 0 Å². The first-order chi connectivity index (χ1) is 14.2. The van der Waals surface area contributed by atoms with E-state index < -0.39 is 0 Å². The molecule has 1 N–H and O–H groups in total. The number of likely N-dealkylation sites (tertiary alicyclic amines) is 1. The number of rotatable bonds is 9. The highest BCUT2D eigenvalue weighted by Gasteiger charge is 2.23. The van der Waals surface area contributed by atoms with E-state index in [1.807, 2.05) is 12.1 Å². The molecule has 0 aromatic heterocycles. The molecule has 29 heavy (non-hydrogen) atoms. The smallest absolute Gasteiger partial charge is 0.258 e. The highest BCUT2D eigenvalue weighted by molar-refractivity contribution is 5.77. The number of aryl methyl sites for hydroxylation is 1. The largest absolute Gasteiger partial charge is 0.497 e. The normalized spacial score (nSPS) is 15.5. The number of benzene rings is 2. The summed E-state index contributed by atoms with van der Waals surface area (Å²) in [5, 5.41) is 3.07. The summed E-state index contributed by atoms with van der Waals surface area (Å²) >= 11 is 0. The second kappa shape index (κ2) is 10.9. The van der Waals surface area contributed by atoms with E-state index in [4.69, 9.17) is 9.47 Å². The van der Waals surface area contributed by atoms with Crippen molar-refractivity contribution in [1.29, 1.82) is 0 Å². The summed E-state index contributed by atoms with van der Waals surface area (Å²) in [5.41, 5.74) is 2.60. The van der Waals surface area contributed by atoms with Crippen molar-refractivity contribution in [1.82, 2.24) is 10.2 Å². The third-order valence-corrected chi connectivity index (χ3v) is 5.53. The van der Waals surface area contributed by atoms with Crippen LogP contribution in [0.15, 0.2) is 48.5 Å². The highest BCUT2D eigenvalue weighted by atomic mass is 16.5. The van der Waals surface area contributed by atoms with Gasteiger partial charge in [0.2, 0.25) is 0 Å². The standard InChI is InChI=1S/C24H32N2O3/c1-3-19-7-9-20(10-8-19)23(26-15-5-4-6-16-26)17-25-24(27)18-29-22-13-11-21(28-2)12-14-22/h7-14,23H,3-6,15-18H2,1-2H3,(H,25,27)/t23-/m0/s1. The fraction of sp³-hybridized carbons (Fsp3) is 0.458. The Bertz CT molecular complexity index is 753. The molecule has 0 unspecified atom stereocenters. The Labute approximate surface area is 174 Å². The van der Waals surface area contributed by atoms with Crippen LogP contribution in [-0.2, 0) is 11.2 Å². The molecule has 1 saturated heterocycles. The zero-order chi connectivity index (χ0) is 20.5. The summed E-state index contributed by atoms with van der Waals surface area (Å²) in [7, 11) is 1.62. The van der Waals surface area contributed by atoms with E-state index in [0.29, 0.717) is 12.3 Å². The topological polar surface area (TPSA) is 50.8 Å². The maximum atomic E-state index is 12.4. The molecule has 1 amide bonds. The van der Waals surface area contributed by atoms with Gasteiger partial charge in [0.05, 0.1) is 13.2 Å². The Morgan fingerprint density at radius 2 is 1.66 bits per heavy atom. The molecule has 2 aromatic rings. The number of carbonyl (C=O) groups is 1. The van der Waals surface area contributed by atoms with Crippen LogP contribution in [0.1, 0.15) is 43.4 Å². The molecule has 156 valence electrons. The Kier molecular flexibility index (Phi) is 7.94. The van der Waals surface area contributed by atoms with Crippen molar-refractivity contribution in [3.8, 4) is 11.5 Å². The van der Waals surface area contributed by atoms with Gasteiger partial charge in [-0.15, -0.1) is 0 Å². The molecule has 0 radical (unpaired) electrons. The van der Waals surface area contributed by atoms with Crippen LogP contribution in [0.3, 0.4) is 0 Å². The van der Waals surface area contributed by atoms with Crippen molar-refractivity contribution < 1.29 is 14.3 Å². The minimum absolute atomic E-state index is 0.00776. The van der Waals surface area contributed by atoms with Gasteiger partial charge in [0.25, 0.3) is 5.91 Å². The summed E-state index contributed by atoms with van der Waals surface area (Å²) in [6, 6.07) is 16.2. The molecule has 0 aliphatic carbocycles.